The second-order valence-corrected chi connectivity index (χ2v) is 5.81. The van der Waals surface area contributed by atoms with Crippen LogP contribution in [0.3, 0.4) is 0 Å². The van der Waals surface area contributed by atoms with Gasteiger partial charge < -0.3 is 5.32 Å². The molecular formula is C16H16Cl3N. The van der Waals surface area contributed by atoms with Crippen LogP contribution in [-0.2, 0) is 13.0 Å². The molecule has 0 unspecified atom stereocenters. The molecule has 0 heterocycles. The van der Waals surface area contributed by atoms with Crippen molar-refractivity contribution in [1.29, 1.82) is 0 Å². The Morgan fingerprint density at radius 3 is 2.20 bits per heavy atom. The zero-order valence-corrected chi connectivity index (χ0v) is 13.5. The molecule has 0 aromatic heterocycles. The minimum absolute atomic E-state index is 0.509. The highest BCUT2D eigenvalue weighted by atomic mass is 35.5. The van der Waals surface area contributed by atoms with Crippen LogP contribution in [0.15, 0.2) is 36.4 Å². The average molecular weight is 329 g/mol. The summed E-state index contributed by atoms with van der Waals surface area (Å²) < 4.78 is 0. The lowest BCUT2D eigenvalue weighted by Crippen LogP contribution is -2.01. The molecule has 0 aliphatic heterocycles. The summed E-state index contributed by atoms with van der Waals surface area (Å²) in [5.74, 6) is 0. The third-order valence-corrected chi connectivity index (χ3v) is 4.30. The van der Waals surface area contributed by atoms with Gasteiger partial charge in [-0.25, -0.2) is 0 Å². The maximum Gasteiger partial charge on any atom is 0.0657 e. The van der Waals surface area contributed by atoms with Crippen molar-refractivity contribution in [3.05, 3.63) is 62.6 Å². The Kier molecular flexibility index (Phi) is 5.59. The molecule has 1 N–H and O–H groups in total. The number of rotatable bonds is 5. The monoisotopic (exact) mass is 327 g/mol. The first-order chi connectivity index (χ1) is 9.61. The zero-order valence-electron chi connectivity index (χ0n) is 11.2. The van der Waals surface area contributed by atoms with Gasteiger partial charge >= 0.3 is 0 Å². The molecular weight excluding hydrogens is 313 g/mol. The number of benzene rings is 2. The smallest absolute Gasteiger partial charge is 0.0657 e. The van der Waals surface area contributed by atoms with Crippen LogP contribution < -0.4 is 5.32 Å². The van der Waals surface area contributed by atoms with E-state index in [2.05, 4.69) is 36.5 Å². The number of hydrogen-bond acceptors (Lipinski definition) is 1. The van der Waals surface area contributed by atoms with Crippen molar-refractivity contribution in [3.8, 4) is 0 Å². The van der Waals surface area contributed by atoms with Crippen molar-refractivity contribution in [2.45, 2.75) is 26.3 Å². The summed E-state index contributed by atoms with van der Waals surface area (Å²) in [5, 5.41) is 4.96. The van der Waals surface area contributed by atoms with Gasteiger partial charge in [-0.3, -0.25) is 0 Å². The lowest BCUT2D eigenvalue weighted by Gasteiger charge is -2.11. The molecule has 0 aliphatic rings. The molecule has 0 amide bonds. The minimum atomic E-state index is 0.509. The van der Waals surface area contributed by atoms with E-state index in [-0.39, 0.29) is 0 Å². The number of anilines is 1. The van der Waals surface area contributed by atoms with E-state index < -0.39 is 0 Å². The molecule has 0 saturated heterocycles. The van der Waals surface area contributed by atoms with Gasteiger partial charge in [0, 0.05) is 22.8 Å². The van der Waals surface area contributed by atoms with Gasteiger partial charge in [0.25, 0.3) is 0 Å². The molecule has 2 aromatic carbocycles. The van der Waals surface area contributed by atoms with Crippen molar-refractivity contribution < 1.29 is 0 Å². The summed E-state index contributed by atoms with van der Waals surface area (Å²) in [6.45, 7) is 2.72. The van der Waals surface area contributed by atoms with E-state index in [1.807, 2.05) is 0 Å². The van der Waals surface area contributed by atoms with E-state index in [4.69, 9.17) is 34.8 Å². The van der Waals surface area contributed by atoms with Crippen molar-refractivity contribution in [3.63, 3.8) is 0 Å². The summed E-state index contributed by atoms with van der Waals surface area (Å²) in [7, 11) is 0. The Balaban J connectivity index is 2.07. The number of hydrogen-bond donors (Lipinski definition) is 1. The summed E-state index contributed by atoms with van der Waals surface area (Å²) in [5.41, 5.74) is 3.20. The summed E-state index contributed by atoms with van der Waals surface area (Å²) >= 11 is 18.3. The summed E-state index contributed by atoms with van der Waals surface area (Å²) in [6.07, 6.45) is 2.26. The molecule has 0 atom stereocenters. The second-order valence-electron chi connectivity index (χ2n) is 4.62. The number of halogens is 3. The van der Waals surface area contributed by atoms with Crippen molar-refractivity contribution in [2.75, 3.05) is 5.32 Å². The van der Waals surface area contributed by atoms with Gasteiger partial charge in [-0.05, 0) is 36.2 Å². The number of nitrogens with one attached hydrogen (secondary N) is 1. The molecule has 20 heavy (non-hydrogen) atoms. The van der Waals surface area contributed by atoms with Crippen molar-refractivity contribution >= 4 is 40.5 Å². The topological polar surface area (TPSA) is 12.0 Å². The molecule has 106 valence electrons. The van der Waals surface area contributed by atoms with Crippen LogP contribution in [0.25, 0.3) is 0 Å². The first kappa shape index (κ1) is 15.5. The predicted octanol–water partition coefficient (Wildman–Crippen LogP) is 6.21. The lowest BCUT2D eigenvalue weighted by molar-refractivity contribution is 0.922. The van der Waals surface area contributed by atoms with Gasteiger partial charge in [-0.2, -0.15) is 0 Å². The molecule has 2 rings (SSSR count). The number of aryl methyl sites for hydroxylation is 1. The van der Waals surface area contributed by atoms with Crippen LogP contribution in [0.1, 0.15) is 24.5 Å². The maximum absolute atomic E-state index is 6.17. The summed E-state index contributed by atoms with van der Waals surface area (Å²) in [4.78, 5) is 0. The van der Waals surface area contributed by atoms with E-state index >= 15 is 0 Å². The SMILES string of the molecule is CCCc1ccc(NCc2c(Cl)ccc(Cl)c2Cl)cc1. The second kappa shape index (κ2) is 7.21. The zero-order chi connectivity index (χ0) is 14.5. The van der Waals surface area contributed by atoms with Gasteiger partial charge in [0.15, 0.2) is 0 Å². The largest absolute Gasteiger partial charge is 0.381 e. The van der Waals surface area contributed by atoms with Crippen LogP contribution in [0, 0.1) is 0 Å². The van der Waals surface area contributed by atoms with Crippen LogP contribution in [-0.4, -0.2) is 0 Å². The van der Waals surface area contributed by atoms with E-state index in [0.29, 0.717) is 21.6 Å². The molecule has 0 spiro atoms. The molecule has 0 aliphatic carbocycles. The Morgan fingerprint density at radius 1 is 0.900 bits per heavy atom. The van der Waals surface area contributed by atoms with E-state index in [9.17, 15) is 0 Å². The van der Waals surface area contributed by atoms with Gasteiger partial charge in [0.1, 0.15) is 0 Å². The highest BCUT2D eigenvalue weighted by Gasteiger charge is 2.09. The molecule has 0 radical (unpaired) electrons. The molecule has 0 saturated carbocycles. The van der Waals surface area contributed by atoms with Gasteiger partial charge in [0.2, 0.25) is 0 Å². The van der Waals surface area contributed by atoms with Crippen LogP contribution in [0.5, 0.6) is 0 Å². The molecule has 2 aromatic rings. The Morgan fingerprint density at radius 2 is 1.55 bits per heavy atom. The first-order valence-corrected chi connectivity index (χ1v) is 7.70. The van der Waals surface area contributed by atoms with Gasteiger partial charge in [0.05, 0.1) is 10.0 Å². The van der Waals surface area contributed by atoms with Crippen LogP contribution in [0.2, 0.25) is 15.1 Å². The normalized spacial score (nSPS) is 10.6. The molecule has 0 fully saturated rings. The predicted molar refractivity (Wildman–Crippen MR) is 89.2 cm³/mol. The maximum atomic E-state index is 6.17. The average Bonchev–Trinajstić information content (AvgIpc) is 2.45. The van der Waals surface area contributed by atoms with Crippen LogP contribution >= 0.6 is 34.8 Å². The van der Waals surface area contributed by atoms with Gasteiger partial charge in [-0.1, -0.05) is 60.3 Å². The Labute approximate surface area is 134 Å². The highest BCUT2D eigenvalue weighted by Crippen LogP contribution is 2.31. The minimum Gasteiger partial charge on any atom is -0.381 e. The van der Waals surface area contributed by atoms with Crippen molar-refractivity contribution in [2.24, 2.45) is 0 Å². The molecule has 4 heteroatoms. The standard InChI is InChI=1S/C16H16Cl3N/c1-2-3-11-4-6-12(7-5-11)20-10-13-14(17)8-9-15(18)16(13)19/h4-9,20H,2-3,10H2,1H3. The van der Waals surface area contributed by atoms with Crippen molar-refractivity contribution in [1.82, 2.24) is 0 Å². The molecule has 1 nitrogen and oxygen atoms in total. The van der Waals surface area contributed by atoms with E-state index in [0.717, 1.165) is 24.1 Å². The highest BCUT2D eigenvalue weighted by molar-refractivity contribution is 6.44. The quantitative estimate of drug-likeness (QED) is 0.643. The third-order valence-electron chi connectivity index (χ3n) is 3.10. The Bertz CT molecular complexity index is 579. The fraction of sp³-hybridized carbons (Fsp3) is 0.250. The van der Waals surface area contributed by atoms with Crippen LogP contribution in [0.4, 0.5) is 5.69 Å². The van der Waals surface area contributed by atoms with Gasteiger partial charge in [-0.15, -0.1) is 0 Å². The fourth-order valence-corrected chi connectivity index (χ4v) is 2.68. The fourth-order valence-electron chi connectivity index (χ4n) is 2.00. The Hall–Kier alpha value is -0.890. The first-order valence-electron chi connectivity index (χ1n) is 6.57. The lowest BCUT2D eigenvalue weighted by atomic mass is 10.1. The van der Waals surface area contributed by atoms with E-state index in [1.54, 1.807) is 12.1 Å². The third kappa shape index (κ3) is 3.82. The molecule has 0 bridgehead atoms. The summed E-state index contributed by atoms with van der Waals surface area (Å²) in [6, 6.07) is 11.9. The van der Waals surface area contributed by atoms with E-state index in [1.165, 1.54) is 5.56 Å².